The van der Waals surface area contributed by atoms with Gasteiger partial charge in [-0.05, 0) is 12.8 Å². The summed E-state index contributed by atoms with van der Waals surface area (Å²) in [5, 5.41) is 0.533. The Labute approximate surface area is 105 Å². The molecule has 5 nitrogen and oxygen atoms in total. The molecule has 0 aromatic carbocycles. The zero-order chi connectivity index (χ0) is 12.0. The largest absolute Gasteiger partial charge is 0.383 e. The van der Waals surface area contributed by atoms with E-state index in [-0.39, 0.29) is 17.9 Å². The minimum atomic E-state index is -3.28. The normalized spacial score (nSPS) is 23.5. The molecule has 96 valence electrons. The predicted octanol–water partition coefficient (Wildman–Crippen LogP) is 0.495. The van der Waals surface area contributed by atoms with E-state index in [4.69, 9.17) is 9.47 Å². The van der Waals surface area contributed by atoms with E-state index in [1.54, 1.807) is 7.11 Å². The van der Waals surface area contributed by atoms with Gasteiger partial charge < -0.3 is 9.47 Å². The first-order valence-electron chi connectivity index (χ1n) is 5.24. The molecule has 0 spiro atoms. The van der Waals surface area contributed by atoms with E-state index >= 15 is 0 Å². The van der Waals surface area contributed by atoms with Crippen LogP contribution in [0.25, 0.3) is 0 Å². The van der Waals surface area contributed by atoms with Gasteiger partial charge in [0.1, 0.15) is 0 Å². The highest BCUT2D eigenvalue weighted by Crippen LogP contribution is 2.13. The molecule has 2 unspecified atom stereocenters. The molecule has 1 heterocycles. The van der Waals surface area contributed by atoms with Gasteiger partial charge in [0.15, 0.2) is 0 Å². The molecule has 1 rings (SSSR count). The lowest BCUT2D eigenvalue weighted by molar-refractivity contribution is 0.127. The van der Waals surface area contributed by atoms with Crippen LogP contribution in [0.15, 0.2) is 0 Å². The minimum Gasteiger partial charge on any atom is -0.383 e. The second kappa shape index (κ2) is 6.90. The summed E-state index contributed by atoms with van der Waals surface area (Å²) in [4.78, 5) is 0. The molecule has 1 aliphatic heterocycles. The Balaban J connectivity index is 2.42. The first-order valence-corrected chi connectivity index (χ1v) is 8.01. The van der Waals surface area contributed by atoms with Gasteiger partial charge in [-0.1, -0.05) is 15.9 Å². The number of alkyl halides is 1. The molecule has 0 bridgehead atoms. The van der Waals surface area contributed by atoms with Crippen molar-refractivity contribution < 1.29 is 17.9 Å². The van der Waals surface area contributed by atoms with Gasteiger partial charge in [-0.25, -0.2) is 13.1 Å². The maximum atomic E-state index is 11.8. The Bertz CT molecular complexity index is 290. The number of hydrogen-bond donors (Lipinski definition) is 1. The highest BCUT2D eigenvalue weighted by molar-refractivity contribution is 9.09. The molecule has 1 aliphatic rings. The molecular weight excluding hydrogens is 298 g/mol. The third-order valence-electron chi connectivity index (χ3n) is 2.33. The lowest BCUT2D eigenvalue weighted by atomic mass is 10.3. The van der Waals surface area contributed by atoms with E-state index in [9.17, 15) is 8.42 Å². The van der Waals surface area contributed by atoms with Crippen molar-refractivity contribution in [1.29, 1.82) is 0 Å². The van der Waals surface area contributed by atoms with Crippen LogP contribution in [0.3, 0.4) is 0 Å². The molecule has 7 heteroatoms. The van der Waals surface area contributed by atoms with Gasteiger partial charge in [-0.2, -0.15) is 0 Å². The first kappa shape index (κ1) is 14.4. The summed E-state index contributed by atoms with van der Waals surface area (Å²) in [6, 6.07) is -0.226. The Morgan fingerprint density at radius 2 is 2.38 bits per heavy atom. The summed E-state index contributed by atoms with van der Waals surface area (Å²) >= 11 is 3.24. The standard InChI is InChI=1S/C9H18BrNO4S/c1-14-6-8(5-10)11-16(12,13)7-9-3-2-4-15-9/h8-9,11H,2-7H2,1H3. The smallest absolute Gasteiger partial charge is 0.214 e. The quantitative estimate of drug-likeness (QED) is 0.695. The highest BCUT2D eigenvalue weighted by Gasteiger charge is 2.25. The van der Waals surface area contributed by atoms with Crippen molar-refractivity contribution in [3.63, 3.8) is 0 Å². The number of rotatable bonds is 7. The van der Waals surface area contributed by atoms with Crippen LogP contribution in [0.4, 0.5) is 0 Å². The lowest BCUT2D eigenvalue weighted by Gasteiger charge is -2.17. The minimum absolute atomic E-state index is 0.0419. The molecule has 1 fully saturated rings. The van der Waals surface area contributed by atoms with Gasteiger partial charge in [0, 0.05) is 19.0 Å². The molecule has 0 aromatic rings. The van der Waals surface area contributed by atoms with Crippen LogP contribution in [0, 0.1) is 0 Å². The van der Waals surface area contributed by atoms with E-state index in [2.05, 4.69) is 20.7 Å². The monoisotopic (exact) mass is 315 g/mol. The molecule has 0 saturated carbocycles. The van der Waals surface area contributed by atoms with Crippen LogP contribution in [0.5, 0.6) is 0 Å². The van der Waals surface area contributed by atoms with Crippen LogP contribution in [0.1, 0.15) is 12.8 Å². The number of hydrogen-bond acceptors (Lipinski definition) is 4. The predicted molar refractivity (Wildman–Crippen MR) is 65.4 cm³/mol. The molecule has 1 saturated heterocycles. The van der Waals surface area contributed by atoms with Crippen LogP contribution in [-0.2, 0) is 19.5 Å². The molecule has 0 aromatic heterocycles. The Morgan fingerprint density at radius 1 is 1.62 bits per heavy atom. The van der Waals surface area contributed by atoms with E-state index in [1.807, 2.05) is 0 Å². The summed E-state index contributed by atoms with van der Waals surface area (Å²) in [7, 11) is -1.74. The summed E-state index contributed by atoms with van der Waals surface area (Å²) in [5.41, 5.74) is 0. The van der Waals surface area contributed by atoms with Crippen molar-refractivity contribution in [2.75, 3.05) is 31.4 Å². The van der Waals surface area contributed by atoms with E-state index in [1.165, 1.54) is 0 Å². The average Bonchev–Trinajstić information content (AvgIpc) is 2.68. The van der Waals surface area contributed by atoms with Crippen molar-refractivity contribution in [3.8, 4) is 0 Å². The average molecular weight is 316 g/mol. The van der Waals surface area contributed by atoms with Gasteiger partial charge in [0.2, 0.25) is 10.0 Å². The fourth-order valence-corrected chi connectivity index (χ4v) is 3.70. The summed E-state index contributed by atoms with van der Waals surface area (Å²) in [6.45, 7) is 1.02. The topological polar surface area (TPSA) is 64.6 Å². The van der Waals surface area contributed by atoms with E-state index in [0.717, 1.165) is 12.8 Å². The van der Waals surface area contributed by atoms with E-state index in [0.29, 0.717) is 18.5 Å². The number of sulfonamides is 1. The second-order valence-corrected chi connectivity index (χ2v) is 6.29. The lowest BCUT2D eigenvalue weighted by Crippen LogP contribution is -2.42. The van der Waals surface area contributed by atoms with Crippen molar-refractivity contribution in [1.82, 2.24) is 4.72 Å². The number of methoxy groups -OCH3 is 1. The van der Waals surface area contributed by atoms with Crippen molar-refractivity contribution in [3.05, 3.63) is 0 Å². The van der Waals surface area contributed by atoms with Crippen molar-refractivity contribution in [2.24, 2.45) is 0 Å². The van der Waals surface area contributed by atoms with Crippen LogP contribution in [-0.4, -0.2) is 52.0 Å². The van der Waals surface area contributed by atoms with Gasteiger partial charge in [-0.3, -0.25) is 0 Å². The molecule has 0 amide bonds. The number of halogens is 1. The maximum absolute atomic E-state index is 11.8. The SMILES string of the molecule is COCC(CBr)NS(=O)(=O)CC1CCCO1. The maximum Gasteiger partial charge on any atom is 0.214 e. The van der Waals surface area contributed by atoms with Gasteiger partial charge in [-0.15, -0.1) is 0 Å². The summed E-state index contributed by atoms with van der Waals surface area (Å²) in [5.74, 6) is 0.0419. The van der Waals surface area contributed by atoms with Crippen LogP contribution in [0.2, 0.25) is 0 Å². The summed E-state index contributed by atoms with van der Waals surface area (Å²) < 4.78 is 36.3. The molecule has 0 aliphatic carbocycles. The van der Waals surface area contributed by atoms with Gasteiger partial charge >= 0.3 is 0 Å². The highest BCUT2D eigenvalue weighted by atomic mass is 79.9. The van der Waals surface area contributed by atoms with Gasteiger partial charge in [0.05, 0.1) is 24.5 Å². The van der Waals surface area contributed by atoms with Crippen molar-refractivity contribution in [2.45, 2.75) is 25.0 Å². The fraction of sp³-hybridized carbons (Fsp3) is 1.00. The fourth-order valence-electron chi connectivity index (χ4n) is 1.63. The summed E-state index contributed by atoms with van der Waals surface area (Å²) in [6.07, 6.45) is 1.61. The van der Waals surface area contributed by atoms with Crippen LogP contribution < -0.4 is 4.72 Å². The molecule has 2 atom stereocenters. The third-order valence-corrected chi connectivity index (χ3v) is 4.61. The van der Waals surface area contributed by atoms with E-state index < -0.39 is 10.0 Å². The Kier molecular flexibility index (Phi) is 6.20. The second-order valence-electron chi connectivity index (χ2n) is 3.84. The Morgan fingerprint density at radius 3 is 2.88 bits per heavy atom. The third kappa shape index (κ3) is 5.09. The first-order chi connectivity index (χ1) is 7.57. The molecule has 1 N–H and O–H groups in total. The zero-order valence-corrected chi connectivity index (χ0v) is 11.7. The number of ether oxygens (including phenoxy) is 2. The van der Waals surface area contributed by atoms with Crippen LogP contribution >= 0.6 is 15.9 Å². The molecule has 0 radical (unpaired) electrons. The number of nitrogens with one attached hydrogen (secondary N) is 1. The zero-order valence-electron chi connectivity index (χ0n) is 9.32. The van der Waals surface area contributed by atoms with Gasteiger partial charge in [0.25, 0.3) is 0 Å². The van der Waals surface area contributed by atoms with Crippen molar-refractivity contribution >= 4 is 26.0 Å². The molecular formula is C9H18BrNO4S. The molecule has 16 heavy (non-hydrogen) atoms. The Hall–Kier alpha value is 0.310.